The van der Waals surface area contributed by atoms with E-state index in [0.29, 0.717) is 17.2 Å². The van der Waals surface area contributed by atoms with Crippen molar-refractivity contribution in [2.45, 2.75) is 13.0 Å². The van der Waals surface area contributed by atoms with E-state index in [1.807, 2.05) is 43.3 Å². The summed E-state index contributed by atoms with van der Waals surface area (Å²) < 4.78 is 12.3. The standard InChI is InChI=1S/C21H20N4O4/c1-13(14-8-9-17-16(10-14)23-19(26)12-29-17)22-21(27)20-18(28-2)11-25(24-20)15-6-4-3-5-7-15/h3-11,13H,12H2,1-2H3,(H,22,27)(H,23,26)/t13-/m1/s1. The predicted octanol–water partition coefficient (Wildman–Crippen LogP) is 2.70. The molecule has 8 heteroatoms. The van der Waals surface area contributed by atoms with Gasteiger partial charge in [0.25, 0.3) is 11.8 Å². The first-order valence-corrected chi connectivity index (χ1v) is 9.11. The van der Waals surface area contributed by atoms with Gasteiger partial charge in [-0.25, -0.2) is 4.68 Å². The molecule has 2 amide bonds. The Morgan fingerprint density at radius 1 is 1.28 bits per heavy atom. The van der Waals surface area contributed by atoms with Gasteiger partial charge in [-0.3, -0.25) is 9.59 Å². The second-order valence-corrected chi connectivity index (χ2v) is 6.61. The number of anilines is 1. The molecule has 0 bridgehead atoms. The van der Waals surface area contributed by atoms with Gasteiger partial charge in [0.05, 0.1) is 30.7 Å². The zero-order valence-electron chi connectivity index (χ0n) is 16.0. The van der Waals surface area contributed by atoms with Crippen LogP contribution in [0.1, 0.15) is 29.0 Å². The van der Waals surface area contributed by atoms with Gasteiger partial charge >= 0.3 is 0 Å². The molecule has 1 aliphatic heterocycles. The first-order chi connectivity index (χ1) is 14.0. The molecule has 0 spiro atoms. The molecular formula is C21H20N4O4. The normalized spacial score (nSPS) is 13.7. The minimum atomic E-state index is -0.359. The number of carbonyl (C=O) groups excluding carboxylic acids is 2. The molecule has 2 heterocycles. The number of hydrogen-bond donors (Lipinski definition) is 2. The molecule has 2 N–H and O–H groups in total. The lowest BCUT2D eigenvalue weighted by molar-refractivity contribution is -0.118. The van der Waals surface area contributed by atoms with Crippen LogP contribution in [0.3, 0.4) is 0 Å². The number of carbonyl (C=O) groups is 2. The van der Waals surface area contributed by atoms with E-state index in [2.05, 4.69) is 15.7 Å². The van der Waals surface area contributed by atoms with E-state index >= 15 is 0 Å². The smallest absolute Gasteiger partial charge is 0.276 e. The topological polar surface area (TPSA) is 94.5 Å². The van der Waals surface area contributed by atoms with E-state index < -0.39 is 0 Å². The van der Waals surface area contributed by atoms with E-state index in [1.165, 1.54) is 7.11 Å². The van der Waals surface area contributed by atoms with Crippen molar-refractivity contribution in [1.29, 1.82) is 0 Å². The molecule has 8 nitrogen and oxygen atoms in total. The van der Waals surface area contributed by atoms with Gasteiger partial charge in [-0.15, -0.1) is 0 Å². The fourth-order valence-corrected chi connectivity index (χ4v) is 3.10. The first kappa shape index (κ1) is 18.5. The number of para-hydroxylation sites is 1. The van der Waals surface area contributed by atoms with Gasteiger partial charge in [-0.2, -0.15) is 5.10 Å². The summed E-state index contributed by atoms with van der Waals surface area (Å²) in [4.78, 5) is 24.4. The van der Waals surface area contributed by atoms with Gasteiger partial charge < -0.3 is 20.1 Å². The Kier molecular flexibility index (Phi) is 4.90. The molecule has 148 valence electrons. The number of fused-ring (bicyclic) bond motifs is 1. The highest BCUT2D eigenvalue weighted by Crippen LogP contribution is 2.30. The van der Waals surface area contributed by atoms with Crippen molar-refractivity contribution >= 4 is 17.5 Å². The highest BCUT2D eigenvalue weighted by Gasteiger charge is 2.22. The summed E-state index contributed by atoms with van der Waals surface area (Å²) in [5.41, 5.74) is 2.43. The van der Waals surface area contributed by atoms with Gasteiger partial charge in [0.15, 0.2) is 18.1 Å². The Labute approximate surface area is 167 Å². The summed E-state index contributed by atoms with van der Waals surface area (Å²) in [7, 11) is 1.50. The fraction of sp³-hybridized carbons (Fsp3) is 0.190. The van der Waals surface area contributed by atoms with Crippen LogP contribution in [0, 0.1) is 0 Å². The molecule has 0 fully saturated rings. The number of nitrogens with one attached hydrogen (secondary N) is 2. The lowest BCUT2D eigenvalue weighted by Gasteiger charge is -2.20. The molecule has 0 radical (unpaired) electrons. The van der Waals surface area contributed by atoms with Gasteiger partial charge in [-0.05, 0) is 36.8 Å². The van der Waals surface area contributed by atoms with Crippen LogP contribution in [0.4, 0.5) is 5.69 Å². The molecule has 2 aromatic carbocycles. The SMILES string of the molecule is COc1cn(-c2ccccc2)nc1C(=O)N[C@H](C)c1ccc2c(c1)NC(=O)CO2. The quantitative estimate of drug-likeness (QED) is 0.696. The monoisotopic (exact) mass is 392 g/mol. The third kappa shape index (κ3) is 3.77. The van der Waals surface area contributed by atoms with Crippen LogP contribution >= 0.6 is 0 Å². The minimum Gasteiger partial charge on any atom is -0.493 e. The van der Waals surface area contributed by atoms with Crippen molar-refractivity contribution in [2.75, 3.05) is 19.0 Å². The van der Waals surface area contributed by atoms with Gasteiger partial charge in [0.1, 0.15) is 5.75 Å². The third-order valence-electron chi connectivity index (χ3n) is 4.62. The van der Waals surface area contributed by atoms with E-state index in [1.54, 1.807) is 23.0 Å². The van der Waals surface area contributed by atoms with Crippen molar-refractivity contribution in [3.63, 3.8) is 0 Å². The second-order valence-electron chi connectivity index (χ2n) is 6.61. The Balaban J connectivity index is 1.54. The molecule has 1 aromatic heterocycles. The van der Waals surface area contributed by atoms with Crippen LogP contribution in [-0.2, 0) is 4.79 Å². The average Bonchev–Trinajstić information content (AvgIpc) is 3.18. The van der Waals surface area contributed by atoms with E-state index in [4.69, 9.17) is 9.47 Å². The number of methoxy groups -OCH3 is 1. The Hall–Kier alpha value is -3.81. The molecule has 0 unspecified atom stereocenters. The number of rotatable bonds is 5. The summed E-state index contributed by atoms with van der Waals surface area (Å²) >= 11 is 0. The minimum absolute atomic E-state index is 0.00248. The van der Waals surface area contributed by atoms with Crippen molar-refractivity contribution in [1.82, 2.24) is 15.1 Å². The number of ether oxygens (including phenoxy) is 2. The second kappa shape index (κ2) is 7.67. The number of benzene rings is 2. The summed E-state index contributed by atoms with van der Waals surface area (Å²) in [5.74, 6) is 0.421. The lowest BCUT2D eigenvalue weighted by Crippen LogP contribution is -2.28. The molecule has 0 aliphatic carbocycles. The number of hydrogen-bond acceptors (Lipinski definition) is 5. The number of aromatic nitrogens is 2. The van der Waals surface area contributed by atoms with Crippen molar-refractivity contribution in [2.24, 2.45) is 0 Å². The zero-order chi connectivity index (χ0) is 20.4. The molecule has 3 aromatic rings. The maximum absolute atomic E-state index is 12.8. The largest absolute Gasteiger partial charge is 0.493 e. The Morgan fingerprint density at radius 2 is 2.07 bits per heavy atom. The summed E-state index contributed by atoms with van der Waals surface area (Å²) in [5, 5.41) is 10.1. The van der Waals surface area contributed by atoms with Gasteiger partial charge in [0, 0.05) is 0 Å². The van der Waals surface area contributed by atoms with Crippen LogP contribution < -0.4 is 20.1 Å². The van der Waals surface area contributed by atoms with Crippen molar-refractivity contribution in [3.05, 3.63) is 66.0 Å². The maximum atomic E-state index is 12.8. The molecule has 0 saturated heterocycles. The Bertz CT molecular complexity index is 1060. The summed E-state index contributed by atoms with van der Waals surface area (Å²) in [6.45, 7) is 1.86. The fourth-order valence-electron chi connectivity index (χ4n) is 3.10. The van der Waals surface area contributed by atoms with E-state index in [0.717, 1.165) is 11.3 Å². The third-order valence-corrected chi connectivity index (χ3v) is 4.62. The predicted molar refractivity (Wildman–Crippen MR) is 107 cm³/mol. The van der Waals surface area contributed by atoms with Crippen molar-refractivity contribution < 1.29 is 19.1 Å². The Morgan fingerprint density at radius 3 is 2.83 bits per heavy atom. The van der Waals surface area contributed by atoms with Crippen molar-refractivity contribution in [3.8, 4) is 17.2 Å². The van der Waals surface area contributed by atoms with Gasteiger partial charge in [-0.1, -0.05) is 24.3 Å². The summed E-state index contributed by atoms with van der Waals surface area (Å²) in [6, 6.07) is 14.6. The molecule has 4 rings (SSSR count). The van der Waals surface area contributed by atoms with Crippen LogP contribution in [0.15, 0.2) is 54.7 Å². The van der Waals surface area contributed by atoms with E-state index in [-0.39, 0.29) is 30.2 Å². The zero-order valence-corrected chi connectivity index (χ0v) is 16.0. The number of amides is 2. The lowest BCUT2D eigenvalue weighted by atomic mass is 10.1. The van der Waals surface area contributed by atoms with Crippen LogP contribution in [0.25, 0.3) is 5.69 Å². The van der Waals surface area contributed by atoms with Crippen LogP contribution in [-0.4, -0.2) is 35.3 Å². The highest BCUT2D eigenvalue weighted by molar-refractivity contribution is 5.96. The molecule has 1 atom stereocenters. The summed E-state index contributed by atoms with van der Waals surface area (Å²) in [6.07, 6.45) is 1.67. The van der Waals surface area contributed by atoms with Gasteiger partial charge in [0.2, 0.25) is 0 Å². The first-order valence-electron chi connectivity index (χ1n) is 9.11. The van der Waals surface area contributed by atoms with Crippen LogP contribution in [0.2, 0.25) is 0 Å². The molecule has 0 saturated carbocycles. The highest BCUT2D eigenvalue weighted by atomic mass is 16.5. The van der Waals surface area contributed by atoms with E-state index in [9.17, 15) is 9.59 Å². The molecule has 29 heavy (non-hydrogen) atoms. The average molecular weight is 392 g/mol. The molecular weight excluding hydrogens is 372 g/mol. The molecule has 1 aliphatic rings. The number of nitrogens with zero attached hydrogens (tertiary/aromatic N) is 2. The maximum Gasteiger partial charge on any atom is 0.276 e. The van der Waals surface area contributed by atoms with Crippen LogP contribution in [0.5, 0.6) is 11.5 Å².